The highest BCUT2D eigenvalue weighted by atomic mass is 35.5. The van der Waals surface area contributed by atoms with E-state index in [2.05, 4.69) is 5.43 Å². The first kappa shape index (κ1) is 12.4. The van der Waals surface area contributed by atoms with Crippen molar-refractivity contribution in [2.75, 3.05) is 14.1 Å². The zero-order valence-electron chi connectivity index (χ0n) is 9.01. The van der Waals surface area contributed by atoms with Gasteiger partial charge in [0, 0.05) is 10.6 Å². The Balaban J connectivity index is 3.18. The van der Waals surface area contributed by atoms with Gasteiger partial charge in [-0.05, 0) is 38.7 Å². The number of nitrogens with one attached hydrogen (secondary N) is 1. The normalized spacial score (nSPS) is 13.3. The number of benzene rings is 1. The third-order valence-corrected chi connectivity index (χ3v) is 2.57. The van der Waals surface area contributed by atoms with Crippen molar-refractivity contribution in [2.45, 2.75) is 13.1 Å². The van der Waals surface area contributed by atoms with Crippen molar-refractivity contribution >= 4 is 11.6 Å². The lowest BCUT2D eigenvalue weighted by Gasteiger charge is -2.24. The highest BCUT2D eigenvalue weighted by Gasteiger charge is 2.17. The van der Waals surface area contributed by atoms with E-state index < -0.39 is 0 Å². The van der Waals surface area contributed by atoms with Crippen LogP contribution in [0.15, 0.2) is 12.1 Å². The molecule has 0 saturated carbocycles. The second-order valence-corrected chi connectivity index (χ2v) is 4.06. The molecular formula is C10H15ClFN3. The molecule has 0 amide bonds. The molecule has 3 nitrogen and oxygen atoms in total. The summed E-state index contributed by atoms with van der Waals surface area (Å²) in [6, 6.07) is 3.00. The Morgan fingerprint density at radius 1 is 1.47 bits per heavy atom. The SMILES string of the molecule is Cc1cc(Cl)c(C(NN)N(C)C)cc1F. The van der Waals surface area contributed by atoms with E-state index in [1.165, 1.54) is 6.07 Å². The van der Waals surface area contributed by atoms with Crippen molar-refractivity contribution in [3.8, 4) is 0 Å². The maximum Gasteiger partial charge on any atom is 0.126 e. The summed E-state index contributed by atoms with van der Waals surface area (Å²) in [5.74, 6) is 5.11. The average molecular weight is 232 g/mol. The molecule has 0 saturated heterocycles. The van der Waals surface area contributed by atoms with Crippen LogP contribution in [0.5, 0.6) is 0 Å². The molecule has 0 spiro atoms. The summed E-state index contributed by atoms with van der Waals surface area (Å²) >= 11 is 6.03. The van der Waals surface area contributed by atoms with E-state index in [1.54, 1.807) is 13.0 Å². The van der Waals surface area contributed by atoms with Crippen LogP contribution in [0.25, 0.3) is 0 Å². The Kier molecular flexibility index (Phi) is 4.04. The molecule has 0 aliphatic rings. The smallest absolute Gasteiger partial charge is 0.126 e. The molecule has 1 atom stereocenters. The molecule has 0 heterocycles. The number of hydrogen-bond acceptors (Lipinski definition) is 3. The number of halogens is 2. The fourth-order valence-corrected chi connectivity index (χ4v) is 1.71. The number of hydrazine groups is 1. The highest BCUT2D eigenvalue weighted by molar-refractivity contribution is 6.31. The molecule has 1 aromatic rings. The lowest BCUT2D eigenvalue weighted by atomic mass is 10.1. The number of aryl methyl sites for hydroxylation is 1. The van der Waals surface area contributed by atoms with Gasteiger partial charge in [0.2, 0.25) is 0 Å². The van der Waals surface area contributed by atoms with Gasteiger partial charge in [0.1, 0.15) is 5.82 Å². The zero-order chi connectivity index (χ0) is 11.6. The molecule has 1 rings (SSSR count). The molecule has 1 aromatic carbocycles. The van der Waals surface area contributed by atoms with Gasteiger partial charge < -0.3 is 0 Å². The molecular weight excluding hydrogens is 217 g/mol. The van der Waals surface area contributed by atoms with Crippen molar-refractivity contribution in [3.63, 3.8) is 0 Å². The van der Waals surface area contributed by atoms with Gasteiger partial charge in [-0.3, -0.25) is 10.7 Å². The van der Waals surface area contributed by atoms with Crippen molar-refractivity contribution in [1.82, 2.24) is 10.3 Å². The molecule has 15 heavy (non-hydrogen) atoms. The van der Waals surface area contributed by atoms with E-state index in [0.29, 0.717) is 16.1 Å². The summed E-state index contributed by atoms with van der Waals surface area (Å²) < 4.78 is 13.4. The van der Waals surface area contributed by atoms with Crippen molar-refractivity contribution in [1.29, 1.82) is 0 Å². The van der Waals surface area contributed by atoms with E-state index >= 15 is 0 Å². The first-order valence-electron chi connectivity index (χ1n) is 4.55. The van der Waals surface area contributed by atoms with E-state index in [-0.39, 0.29) is 12.0 Å². The third kappa shape index (κ3) is 2.66. The Bertz CT molecular complexity index is 355. The predicted molar refractivity (Wildman–Crippen MR) is 59.9 cm³/mol. The summed E-state index contributed by atoms with van der Waals surface area (Å²) in [5, 5.41) is 0.505. The van der Waals surface area contributed by atoms with Gasteiger partial charge in [-0.1, -0.05) is 11.6 Å². The topological polar surface area (TPSA) is 41.3 Å². The standard InChI is InChI=1S/C10H15ClFN3/c1-6-4-8(11)7(5-9(6)12)10(14-13)15(2)3/h4-5,10,14H,13H2,1-3H3. The molecule has 1 unspecified atom stereocenters. The van der Waals surface area contributed by atoms with Crippen LogP contribution in [0, 0.1) is 12.7 Å². The van der Waals surface area contributed by atoms with Gasteiger partial charge >= 0.3 is 0 Å². The van der Waals surface area contributed by atoms with E-state index in [0.717, 1.165) is 0 Å². The molecule has 3 N–H and O–H groups in total. The summed E-state index contributed by atoms with van der Waals surface area (Å²) in [6.45, 7) is 1.67. The number of hydrogen-bond donors (Lipinski definition) is 2. The van der Waals surface area contributed by atoms with Gasteiger partial charge in [0.05, 0.1) is 6.17 Å². The summed E-state index contributed by atoms with van der Waals surface area (Å²) in [7, 11) is 3.66. The third-order valence-electron chi connectivity index (χ3n) is 2.25. The Labute approximate surface area is 94.0 Å². The molecule has 0 aliphatic heterocycles. The predicted octanol–water partition coefficient (Wildman–Crippen LogP) is 1.81. The van der Waals surface area contributed by atoms with Crippen molar-refractivity contribution in [3.05, 3.63) is 34.1 Å². The molecule has 0 bridgehead atoms. The van der Waals surface area contributed by atoms with Crippen molar-refractivity contribution in [2.24, 2.45) is 5.84 Å². The Morgan fingerprint density at radius 3 is 2.53 bits per heavy atom. The van der Waals surface area contributed by atoms with Gasteiger partial charge in [-0.2, -0.15) is 0 Å². The number of nitrogens with two attached hydrogens (primary N) is 1. The van der Waals surface area contributed by atoms with Crippen LogP contribution in [0.2, 0.25) is 5.02 Å². The maximum absolute atomic E-state index is 13.4. The zero-order valence-corrected chi connectivity index (χ0v) is 9.77. The highest BCUT2D eigenvalue weighted by Crippen LogP contribution is 2.26. The van der Waals surface area contributed by atoms with Crippen LogP contribution in [0.1, 0.15) is 17.3 Å². The minimum atomic E-state index is -0.299. The second kappa shape index (κ2) is 4.90. The fourth-order valence-electron chi connectivity index (χ4n) is 1.39. The first-order valence-corrected chi connectivity index (χ1v) is 4.93. The van der Waals surface area contributed by atoms with Crippen LogP contribution >= 0.6 is 11.6 Å². The van der Waals surface area contributed by atoms with Gasteiger partial charge in [-0.25, -0.2) is 9.82 Å². The number of rotatable bonds is 3. The van der Waals surface area contributed by atoms with E-state index in [1.807, 2.05) is 19.0 Å². The summed E-state index contributed by atoms with van der Waals surface area (Å²) in [4.78, 5) is 1.82. The lowest BCUT2D eigenvalue weighted by Crippen LogP contribution is -2.38. The monoisotopic (exact) mass is 231 g/mol. The minimum Gasteiger partial charge on any atom is -0.289 e. The maximum atomic E-state index is 13.4. The largest absolute Gasteiger partial charge is 0.289 e. The van der Waals surface area contributed by atoms with E-state index in [9.17, 15) is 4.39 Å². The second-order valence-electron chi connectivity index (χ2n) is 3.66. The Morgan fingerprint density at radius 2 is 2.07 bits per heavy atom. The Hall–Kier alpha value is -0.680. The summed E-state index contributed by atoms with van der Waals surface area (Å²) in [5.41, 5.74) is 3.74. The van der Waals surface area contributed by atoms with Crippen LogP contribution in [0.3, 0.4) is 0 Å². The van der Waals surface area contributed by atoms with Crippen LogP contribution in [-0.4, -0.2) is 19.0 Å². The fraction of sp³-hybridized carbons (Fsp3) is 0.400. The van der Waals surface area contributed by atoms with Gasteiger partial charge in [-0.15, -0.1) is 0 Å². The molecule has 0 aliphatic carbocycles. The van der Waals surface area contributed by atoms with E-state index in [4.69, 9.17) is 17.4 Å². The quantitative estimate of drug-likeness (QED) is 0.474. The molecule has 0 aromatic heterocycles. The number of nitrogens with zero attached hydrogens (tertiary/aromatic N) is 1. The molecule has 5 heteroatoms. The summed E-state index contributed by atoms with van der Waals surface area (Å²) in [6.07, 6.45) is -0.299. The van der Waals surface area contributed by atoms with Crippen LogP contribution in [-0.2, 0) is 0 Å². The lowest BCUT2D eigenvalue weighted by molar-refractivity contribution is 0.252. The van der Waals surface area contributed by atoms with Crippen LogP contribution < -0.4 is 11.3 Å². The molecule has 0 fully saturated rings. The molecule has 0 radical (unpaired) electrons. The minimum absolute atomic E-state index is 0.281. The average Bonchev–Trinajstić information content (AvgIpc) is 2.14. The first-order chi connectivity index (χ1) is 6.97. The van der Waals surface area contributed by atoms with Crippen molar-refractivity contribution < 1.29 is 4.39 Å². The van der Waals surface area contributed by atoms with Gasteiger partial charge in [0.15, 0.2) is 0 Å². The van der Waals surface area contributed by atoms with Gasteiger partial charge in [0.25, 0.3) is 0 Å². The molecule has 84 valence electrons. The van der Waals surface area contributed by atoms with Crippen LogP contribution in [0.4, 0.5) is 4.39 Å².